The molecule has 0 aromatic rings. The molecule has 2 saturated heterocycles. The highest BCUT2D eigenvalue weighted by Gasteiger charge is 2.36. The Hall–Kier alpha value is -0.570. The van der Waals surface area contributed by atoms with Gasteiger partial charge in [0.1, 0.15) is 0 Å². The average Bonchev–Trinajstić information content (AvgIpc) is 2.90. The van der Waals surface area contributed by atoms with Crippen molar-refractivity contribution in [3.63, 3.8) is 0 Å². The summed E-state index contributed by atoms with van der Waals surface area (Å²) >= 11 is 0. The molecule has 2 heterocycles. The predicted molar refractivity (Wildman–Crippen MR) is 83.6 cm³/mol. The van der Waals surface area contributed by atoms with Crippen LogP contribution in [-0.2, 0) is 9.53 Å². The van der Waals surface area contributed by atoms with Crippen molar-refractivity contribution < 1.29 is 9.53 Å². The monoisotopic (exact) mass is 283 g/mol. The Balaban J connectivity index is 0.000000956. The number of ether oxygens (including phenoxy) is 1. The summed E-state index contributed by atoms with van der Waals surface area (Å²) in [6.45, 7) is 13.2. The van der Waals surface area contributed by atoms with E-state index in [1.54, 1.807) is 0 Å². The van der Waals surface area contributed by atoms with Crippen molar-refractivity contribution >= 4 is 5.91 Å². The van der Waals surface area contributed by atoms with E-state index in [-0.39, 0.29) is 5.92 Å². The number of rotatable bonds is 3. The standard InChI is InChI=1S/C15H27NO2.C2H6/c1-4-13-9-11(2)16(10-13)15(17)12(3)14-5-7-18-8-6-14;1-2/h11-14H,4-10H2,1-3H3;1-2H3/t11-,12?,13?;/m1./s1. The van der Waals surface area contributed by atoms with Crippen LogP contribution in [0, 0.1) is 17.8 Å². The van der Waals surface area contributed by atoms with Crippen molar-refractivity contribution in [1.29, 1.82) is 0 Å². The zero-order valence-corrected chi connectivity index (χ0v) is 14.0. The van der Waals surface area contributed by atoms with E-state index in [2.05, 4.69) is 25.7 Å². The second-order valence-electron chi connectivity index (χ2n) is 6.09. The molecule has 2 aliphatic heterocycles. The van der Waals surface area contributed by atoms with Gasteiger partial charge in [0, 0.05) is 31.7 Å². The van der Waals surface area contributed by atoms with Crippen LogP contribution < -0.4 is 0 Å². The summed E-state index contributed by atoms with van der Waals surface area (Å²) in [5.41, 5.74) is 0. The van der Waals surface area contributed by atoms with Crippen LogP contribution >= 0.6 is 0 Å². The van der Waals surface area contributed by atoms with E-state index in [0.717, 1.165) is 32.6 Å². The van der Waals surface area contributed by atoms with Crippen LogP contribution in [0.4, 0.5) is 0 Å². The van der Waals surface area contributed by atoms with Crippen LogP contribution in [0.1, 0.15) is 60.3 Å². The fraction of sp³-hybridized carbons (Fsp3) is 0.941. The van der Waals surface area contributed by atoms with Gasteiger partial charge in [-0.15, -0.1) is 0 Å². The molecule has 3 heteroatoms. The molecule has 2 aliphatic rings. The summed E-state index contributed by atoms with van der Waals surface area (Å²) < 4.78 is 5.39. The smallest absolute Gasteiger partial charge is 0.225 e. The molecule has 0 bridgehead atoms. The van der Waals surface area contributed by atoms with Crippen LogP contribution in [0.3, 0.4) is 0 Å². The van der Waals surface area contributed by atoms with Gasteiger partial charge in [0.25, 0.3) is 0 Å². The molecule has 0 radical (unpaired) electrons. The Morgan fingerprint density at radius 1 is 1.30 bits per heavy atom. The molecule has 3 atom stereocenters. The summed E-state index contributed by atoms with van der Waals surface area (Å²) in [6.07, 6.45) is 4.47. The second kappa shape index (κ2) is 8.66. The zero-order chi connectivity index (χ0) is 15.1. The minimum absolute atomic E-state index is 0.173. The van der Waals surface area contributed by atoms with Crippen molar-refractivity contribution in [2.75, 3.05) is 19.8 Å². The van der Waals surface area contributed by atoms with Gasteiger partial charge in [0.15, 0.2) is 0 Å². The first-order valence-electron chi connectivity index (χ1n) is 8.51. The van der Waals surface area contributed by atoms with E-state index >= 15 is 0 Å². The van der Waals surface area contributed by atoms with Crippen molar-refractivity contribution in [3.05, 3.63) is 0 Å². The molecule has 2 rings (SSSR count). The summed E-state index contributed by atoms with van der Waals surface area (Å²) in [5, 5.41) is 0. The summed E-state index contributed by atoms with van der Waals surface area (Å²) in [6, 6.07) is 0.435. The molecular formula is C17H33NO2. The first kappa shape index (κ1) is 17.5. The maximum atomic E-state index is 12.6. The third-order valence-corrected chi connectivity index (χ3v) is 4.88. The van der Waals surface area contributed by atoms with Crippen molar-refractivity contribution in [1.82, 2.24) is 4.90 Å². The summed E-state index contributed by atoms with van der Waals surface area (Å²) in [7, 11) is 0. The van der Waals surface area contributed by atoms with E-state index in [9.17, 15) is 4.79 Å². The molecule has 3 nitrogen and oxygen atoms in total. The van der Waals surface area contributed by atoms with Crippen molar-refractivity contribution in [3.8, 4) is 0 Å². The zero-order valence-electron chi connectivity index (χ0n) is 14.0. The van der Waals surface area contributed by atoms with E-state index in [0.29, 0.717) is 23.8 Å². The van der Waals surface area contributed by atoms with E-state index in [1.165, 1.54) is 12.8 Å². The molecule has 0 N–H and O–H groups in total. The number of hydrogen-bond donors (Lipinski definition) is 0. The van der Waals surface area contributed by atoms with Gasteiger partial charge in [-0.3, -0.25) is 4.79 Å². The average molecular weight is 283 g/mol. The molecule has 0 aromatic heterocycles. The number of nitrogens with zero attached hydrogens (tertiary/aromatic N) is 1. The second-order valence-corrected chi connectivity index (χ2v) is 6.09. The van der Waals surface area contributed by atoms with Crippen LogP contribution in [-0.4, -0.2) is 36.6 Å². The predicted octanol–water partition coefficient (Wildman–Crippen LogP) is 3.72. The van der Waals surface area contributed by atoms with Gasteiger partial charge in [0.2, 0.25) is 5.91 Å². The maximum Gasteiger partial charge on any atom is 0.225 e. The minimum atomic E-state index is 0.173. The third-order valence-electron chi connectivity index (χ3n) is 4.88. The lowest BCUT2D eigenvalue weighted by Crippen LogP contribution is -2.41. The number of hydrogen-bond acceptors (Lipinski definition) is 2. The fourth-order valence-corrected chi connectivity index (χ4v) is 3.42. The van der Waals surface area contributed by atoms with Crippen molar-refractivity contribution in [2.24, 2.45) is 17.8 Å². The van der Waals surface area contributed by atoms with E-state index < -0.39 is 0 Å². The molecule has 0 aromatic carbocycles. The molecule has 2 unspecified atom stereocenters. The number of amides is 1. The third kappa shape index (κ3) is 4.21. The molecule has 0 spiro atoms. The van der Waals surface area contributed by atoms with Gasteiger partial charge in [-0.25, -0.2) is 0 Å². The van der Waals surface area contributed by atoms with E-state index in [4.69, 9.17) is 4.74 Å². The van der Waals surface area contributed by atoms with Gasteiger partial charge < -0.3 is 9.64 Å². The van der Waals surface area contributed by atoms with Gasteiger partial charge in [0.05, 0.1) is 0 Å². The summed E-state index contributed by atoms with van der Waals surface area (Å²) in [4.78, 5) is 14.7. The maximum absolute atomic E-state index is 12.6. The van der Waals surface area contributed by atoms with Crippen LogP contribution in [0.5, 0.6) is 0 Å². The molecule has 0 aliphatic carbocycles. The molecule has 2 fully saturated rings. The van der Waals surface area contributed by atoms with Gasteiger partial charge in [-0.1, -0.05) is 34.1 Å². The Morgan fingerprint density at radius 3 is 2.40 bits per heavy atom. The highest BCUT2D eigenvalue weighted by molar-refractivity contribution is 5.79. The SMILES string of the molecule is CC.CCC1C[C@@H](C)N(C(=O)C(C)C2CCOCC2)C1. The van der Waals surface area contributed by atoms with Crippen LogP contribution in [0.15, 0.2) is 0 Å². The van der Waals surface area contributed by atoms with Gasteiger partial charge >= 0.3 is 0 Å². The lowest BCUT2D eigenvalue weighted by molar-refractivity contribution is -0.138. The van der Waals surface area contributed by atoms with Crippen LogP contribution in [0.2, 0.25) is 0 Å². The molecule has 0 saturated carbocycles. The van der Waals surface area contributed by atoms with Gasteiger partial charge in [-0.05, 0) is 38.0 Å². The number of carbonyl (C=O) groups excluding carboxylic acids is 1. The topological polar surface area (TPSA) is 29.5 Å². The first-order chi connectivity index (χ1) is 9.63. The summed E-state index contributed by atoms with van der Waals surface area (Å²) in [5.74, 6) is 1.79. The number of likely N-dealkylation sites (tertiary alicyclic amines) is 1. The Morgan fingerprint density at radius 2 is 1.90 bits per heavy atom. The van der Waals surface area contributed by atoms with E-state index in [1.807, 2.05) is 13.8 Å². The lowest BCUT2D eigenvalue weighted by atomic mass is 9.86. The molecule has 118 valence electrons. The fourth-order valence-electron chi connectivity index (χ4n) is 3.42. The molecular weight excluding hydrogens is 250 g/mol. The largest absolute Gasteiger partial charge is 0.381 e. The Labute approximate surface area is 125 Å². The highest BCUT2D eigenvalue weighted by atomic mass is 16.5. The Kier molecular flexibility index (Phi) is 7.57. The normalized spacial score (nSPS) is 28.8. The number of carbonyl (C=O) groups is 1. The highest BCUT2D eigenvalue weighted by Crippen LogP contribution is 2.30. The van der Waals surface area contributed by atoms with Crippen LogP contribution in [0.25, 0.3) is 0 Å². The minimum Gasteiger partial charge on any atom is -0.381 e. The van der Waals surface area contributed by atoms with Gasteiger partial charge in [-0.2, -0.15) is 0 Å². The van der Waals surface area contributed by atoms with Crippen molar-refractivity contribution in [2.45, 2.75) is 66.3 Å². The Bertz CT molecular complexity index is 287. The molecule has 20 heavy (non-hydrogen) atoms. The molecule has 1 amide bonds. The lowest BCUT2D eigenvalue weighted by Gasteiger charge is -2.31. The first-order valence-corrected chi connectivity index (χ1v) is 8.51. The quantitative estimate of drug-likeness (QED) is 0.790.